The molecule has 2 heteroatoms. The third-order valence-electron chi connectivity index (χ3n) is 3.78. The number of benzene rings is 2. The Morgan fingerprint density at radius 1 is 0.917 bits per heavy atom. The van der Waals surface area contributed by atoms with Crippen molar-refractivity contribution in [1.29, 1.82) is 0 Å². The molecule has 0 saturated carbocycles. The number of hydrogen-bond acceptors (Lipinski definition) is 2. The molecule has 0 unspecified atom stereocenters. The van der Waals surface area contributed by atoms with Crippen LogP contribution in [0.4, 0.5) is 0 Å². The Balaban J connectivity index is 2.39. The Kier molecular flexibility index (Phi) is 5.43. The van der Waals surface area contributed by atoms with Crippen molar-refractivity contribution in [3.05, 3.63) is 89.6 Å². The van der Waals surface area contributed by atoms with Crippen molar-refractivity contribution in [2.24, 2.45) is 0 Å². The van der Waals surface area contributed by atoms with Gasteiger partial charge in [-0.1, -0.05) is 38.5 Å². The van der Waals surface area contributed by atoms with Gasteiger partial charge in [0.05, 0.1) is 14.2 Å². The van der Waals surface area contributed by atoms with Gasteiger partial charge in [0.1, 0.15) is 11.5 Å². The molecule has 0 atom stereocenters. The Hall–Kier alpha value is -3.00. The minimum atomic E-state index is 0.571. The number of fused-ring (bicyclic) bond motifs is 1. The summed E-state index contributed by atoms with van der Waals surface area (Å²) in [4.78, 5) is 0. The van der Waals surface area contributed by atoms with Crippen LogP contribution in [0.5, 0.6) is 5.75 Å². The minimum Gasteiger partial charge on any atom is -0.497 e. The maximum absolute atomic E-state index is 5.26. The molecular weight excluding hydrogens is 296 g/mol. The fourth-order valence-corrected chi connectivity index (χ4v) is 2.25. The van der Waals surface area contributed by atoms with Gasteiger partial charge in [-0.15, -0.1) is 0 Å². The van der Waals surface area contributed by atoms with Crippen molar-refractivity contribution in [1.82, 2.24) is 0 Å². The molecule has 0 aliphatic rings. The van der Waals surface area contributed by atoms with E-state index in [1.54, 1.807) is 20.3 Å². The third kappa shape index (κ3) is 4.05. The van der Waals surface area contributed by atoms with E-state index in [1.165, 1.54) is 0 Å². The fraction of sp³-hybridized carbons (Fsp3) is 0.0909. The van der Waals surface area contributed by atoms with Crippen molar-refractivity contribution < 1.29 is 9.47 Å². The monoisotopic (exact) mass is 318 g/mol. The smallest absolute Gasteiger partial charge is 0.119 e. The van der Waals surface area contributed by atoms with E-state index in [4.69, 9.17) is 9.47 Å². The third-order valence-corrected chi connectivity index (χ3v) is 3.78. The molecule has 0 heterocycles. The molecule has 2 aromatic rings. The number of methoxy groups -OCH3 is 2. The van der Waals surface area contributed by atoms with Crippen molar-refractivity contribution in [3.8, 4) is 5.75 Å². The van der Waals surface area contributed by atoms with Gasteiger partial charge in [0, 0.05) is 0 Å². The minimum absolute atomic E-state index is 0.571. The molecule has 0 N–H and O–H groups in total. The number of ether oxygens (including phenoxy) is 2. The van der Waals surface area contributed by atoms with Crippen molar-refractivity contribution >= 4 is 23.4 Å². The molecule has 0 fully saturated rings. The highest BCUT2D eigenvalue weighted by Gasteiger charge is 1.99. The van der Waals surface area contributed by atoms with Gasteiger partial charge in [-0.2, -0.15) is 0 Å². The first-order valence-electron chi connectivity index (χ1n) is 7.52. The second-order valence-corrected chi connectivity index (χ2v) is 5.46. The molecule has 2 rings (SSSR count). The molecule has 122 valence electrons. The average molecular weight is 318 g/mol. The maximum Gasteiger partial charge on any atom is 0.119 e. The highest BCUT2D eigenvalue weighted by molar-refractivity contribution is 5.84. The topological polar surface area (TPSA) is 18.5 Å². The number of hydrogen-bond donors (Lipinski definition) is 0. The SMILES string of the molecule is C=C(/C=C\C(=C)C(=C)/C=c1/cc2ccc(OC)cc2cc1=C)OC. The van der Waals surface area contributed by atoms with Crippen LogP contribution in [0.2, 0.25) is 0 Å². The Labute approximate surface area is 143 Å². The molecule has 0 aliphatic carbocycles. The predicted octanol–water partition coefficient (Wildman–Crippen LogP) is 3.87. The predicted molar refractivity (Wildman–Crippen MR) is 103 cm³/mol. The van der Waals surface area contributed by atoms with Gasteiger partial charge in [0.2, 0.25) is 0 Å². The van der Waals surface area contributed by atoms with Crippen LogP contribution in [0.3, 0.4) is 0 Å². The van der Waals surface area contributed by atoms with Crippen LogP contribution >= 0.6 is 0 Å². The lowest BCUT2D eigenvalue weighted by Crippen LogP contribution is -2.22. The van der Waals surface area contributed by atoms with Crippen LogP contribution in [0.1, 0.15) is 0 Å². The molecule has 0 aliphatic heterocycles. The molecule has 24 heavy (non-hydrogen) atoms. The van der Waals surface area contributed by atoms with E-state index < -0.39 is 0 Å². The molecule has 2 aromatic carbocycles. The van der Waals surface area contributed by atoms with Crippen LogP contribution in [0, 0.1) is 0 Å². The van der Waals surface area contributed by atoms with Gasteiger partial charge < -0.3 is 9.47 Å². The van der Waals surface area contributed by atoms with Crippen molar-refractivity contribution in [2.75, 3.05) is 14.2 Å². The van der Waals surface area contributed by atoms with Crippen LogP contribution < -0.4 is 15.2 Å². The summed E-state index contributed by atoms with van der Waals surface area (Å²) in [6, 6.07) is 10.1. The first kappa shape index (κ1) is 17.4. The molecule has 0 bridgehead atoms. The van der Waals surface area contributed by atoms with Crippen LogP contribution in [-0.4, -0.2) is 14.2 Å². The second-order valence-electron chi connectivity index (χ2n) is 5.46. The standard InChI is InChI=1S/C22H22O2/c1-15(7-8-18(4)23-5)16(2)11-20-13-19-9-10-22(24-6)14-21(19)12-17(20)3/h7-14H,1-4H2,5-6H3/b8-7-,20-11-. The zero-order chi connectivity index (χ0) is 17.7. The van der Waals surface area contributed by atoms with E-state index >= 15 is 0 Å². The Bertz CT molecular complexity index is 946. The van der Waals surface area contributed by atoms with Crippen molar-refractivity contribution in [2.45, 2.75) is 0 Å². The summed E-state index contributed by atoms with van der Waals surface area (Å²) >= 11 is 0. The second kappa shape index (κ2) is 7.51. The highest BCUT2D eigenvalue weighted by atomic mass is 16.5. The zero-order valence-electron chi connectivity index (χ0n) is 14.3. The summed E-state index contributed by atoms with van der Waals surface area (Å²) in [5.41, 5.74) is 1.61. The maximum atomic E-state index is 5.26. The highest BCUT2D eigenvalue weighted by Crippen LogP contribution is 2.18. The normalized spacial score (nSPS) is 11.7. The van der Waals surface area contributed by atoms with E-state index in [9.17, 15) is 0 Å². The van der Waals surface area contributed by atoms with E-state index in [2.05, 4.69) is 32.4 Å². The van der Waals surface area contributed by atoms with Gasteiger partial charge >= 0.3 is 0 Å². The molecule has 0 aromatic heterocycles. The largest absolute Gasteiger partial charge is 0.497 e. The summed E-state index contributed by atoms with van der Waals surface area (Å²) in [5, 5.41) is 4.15. The van der Waals surface area contributed by atoms with Crippen molar-refractivity contribution in [3.63, 3.8) is 0 Å². The van der Waals surface area contributed by atoms with Crippen LogP contribution in [0.15, 0.2) is 79.1 Å². The molecule has 0 spiro atoms. The quantitative estimate of drug-likeness (QED) is 0.595. The number of rotatable bonds is 6. The Morgan fingerprint density at radius 3 is 2.33 bits per heavy atom. The first-order chi connectivity index (χ1) is 11.4. The average Bonchev–Trinajstić information content (AvgIpc) is 2.59. The molecule has 0 radical (unpaired) electrons. The van der Waals surface area contributed by atoms with Gasteiger partial charge in [0.25, 0.3) is 0 Å². The summed E-state index contributed by atoms with van der Waals surface area (Å²) in [7, 11) is 3.24. The lowest BCUT2D eigenvalue weighted by atomic mass is 10.0. The molecule has 2 nitrogen and oxygen atoms in total. The van der Waals surface area contributed by atoms with E-state index in [0.29, 0.717) is 5.76 Å². The molecular formula is C22H22O2. The molecule has 0 saturated heterocycles. The molecule has 0 amide bonds. The van der Waals surface area contributed by atoms with Crippen LogP contribution in [0.25, 0.3) is 23.4 Å². The first-order valence-corrected chi connectivity index (χ1v) is 7.52. The van der Waals surface area contributed by atoms with E-state index in [0.717, 1.165) is 38.1 Å². The fourth-order valence-electron chi connectivity index (χ4n) is 2.25. The summed E-state index contributed by atoms with van der Waals surface area (Å²) in [6.07, 6.45) is 5.58. The van der Waals surface area contributed by atoms with Gasteiger partial charge in [-0.3, -0.25) is 0 Å². The lowest BCUT2D eigenvalue weighted by molar-refractivity contribution is 0.309. The lowest BCUT2D eigenvalue weighted by Gasteiger charge is -2.04. The van der Waals surface area contributed by atoms with Gasteiger partial charge in [-0.05, 0) is 68.8 Å². The number of allylic oxidation sites excluding steroid dienone is 4. The summed E-state index contributed by atoms with van der Waals surface area (Å²) < 4.78 is 10.3. The van der Waals surface area contributed by atoms with E-state index in [1.807, 2.05) is 36.4 Å². The van der Waals surface area contributed by atoms with Crippen LogP contribution in [-0.2, 0) is 4.74 Å². The zero-order valence-corrected chi connectivity index (χ0v) is 14.3. The van der Waals surface area contributed by atoms with Gasteiger partial charge in [-0.25, -0.2) is 0 Å². The van der Waals surface area contributed by atoms with E-state index in [-0.39, 0.29) is 0 Å². The Morgan fingerprint density at radius 2 is 1.67 bits per heavy atom. The summed E-state index contributed by atoms with van der Waals surface area (Å²) in [5.74, 6) is 1.40. The van der Waals surface area contributed by atoms with Gasteiger partial charge in [0.15, 0.2) is 0 Å². The summed E-state index contributed by atoms with van der Waals surface area (Å²) in [6.45, 7) is 16.0.